The number of benzene rings is 2. The lowest BCUT2D eigenvalue weighted by atomic mass is 10.1. The predicted molar refractivity (Wildman–Crippen MR) is 84.6 cm³/mol. The number of ether oxygens (including phenoxy) is 1. The third kappa shape index (κ3) is 3.75. The first kappa shape index (κ1) is 14.4. The van der Waals surface area contributed by atoms with Gasteiger partial charge in [-0.05, 0) is 30.0 Å². The van der Waals surface area contributed by atoms with E-state index in [4.69, 9.17) is 10.5 Å². The van der Waals surface area contributed by atoms with E-state index in [9.17, 15) is 0 Å². The third-order valence-electron chi connectivity index (χ3n) is 2.81. The summed E-state index contributed by atoms with van der Waals surface area (Å²) in [4.78, 5) is 1.15. The molecule has 0 heterocycles. The van der Waals surface area contributed by atoms with Crippen molar-refractivity contribution in [3.05, 3.63) is 58.1 Å². The number of thioether (sulfide) groups is 1. The zero-order valence-corrected chi connectivity index (χ0v) is 13.1. The van der Waals surface area contributed by atoms with Gasteiger partial charge in [0.1, 0.15) is 12.4 Å². The molecule has 0 saturated heterocycles. The second-order valence-corrected chi connectivity index (χ2v) is 5.77. The topological polar surface area (TPSA) is 35.2 Å². The molecule has 0 aliphatic heterocycles. The van der Waals surface area contributed by atoms with E-state index in [0.29, 0.717) is 13.2 Å². The van der Waals surface area contributed by atoms with Crippen molar-refractivity contribution in [1.82, 2.24) is 0 Å². The second kappa shape index (κ2) is 6.98. The van der Waals surface area contributed by atoms with E-state index in [2.05, 4.69) is 22.0 Å². The summed E-state index contributed by atoms with van der Waals surface area (Å²) < 4.78 is 6.93. The average molecular weight is 338 g/mol. The van der Waals surface area contributed by atoms with Gasteiger partial charge in [0.2, 0.25) is 0 Å². The van der Waals surface area contributed by atoms with Gasteiger partial charge in [0.05, 0.1) is 0 Å². The van der Waals surface area contributed by atoms with Crippen molar-refractivity contribution in [2.75, 3.05) is 6.26 Å². The largest absolute Gasteiger partial charge is 0.488 e. The molecule has 4 heteroatoms. The first-order valence-electron chi connectivity index (χ1n) is 5.97. The molecule has 0 saturated carbocycles. The van der Waals surface area contributed by atoms with Crippen molar-refractivity contribution >= 4 is 27.7 Å². The summed E-state index contributed by atoms with van der Waals surface area (Å²) in [6.45, 7) is 1.10. The van der Waals surface area contributed by atoms with Crippen LogP contribution in [-0.4, -0.2) is 6.26 Å². The monoisotopic (exact) mass is 337 g/mol. The first-order chi connectivity index (χ1) is 9.24. The highest BCUT2D eigenvalue weighted by Crippen LogP contribution is 2.28. The Kier molecular flexibility index (Phi) is 5.31. The number of halogens is 1. The van der Waals surface area contributed by atoms with Crippen LogP contribution in [0.15, 0.2) is 51.8 Å². The lowest BCUT2D eigenvalue weighted by molar-refractivity contribution is 0.298. The van der Waals surface area contributed by atoms with Gasteiger partial charge in [-0.25, -0.2) is 0 Å². The molecule has 0 radical (unpaired) electrons. The molecule has 0 aliphatic carbocycles. The summed E-state index contributed by atoms with van der Waals surface area (Å²) >= 11 is 5.24. The quantitative estimate of drug-likeness (QED) is 0.830. The minimum atomic E-state index is 0.545. The van der Waals surface area contributed by atoms with Gasteiger partial charge in [0.25, 0.3) is 0 Å². The molecule has 0 spiro atoms. The van der Waals surface area contributed by atoms with Crippen LogP contribution in [0.4, 0.5) is 0 Å². The van der Waals surface area contributed by atoms with Gasteiger partial charge in [-0.15, -0.1) is 11.8 Å². The zero-order chi connectivity index (χ0) is 13.7. The van der Waals surface area contributed by atoms with E-state index in [1.807, 2.05) is 42.7 Å². The molecular formula is C15H16BrNOS. The average Bonchev–Trinajstić information content (AvgIpc) is 2.46. The summed E-state index contributed by atoms with van der Waals surface area (Å²) in [7, 11) is 0. The molecule has 2 N–H and O–H groups in total. The van der Waals surface area contributed by atoms with Gasteiger partial charge in [-0.3, -0.25) is 0 Å². The van der Waals surface area contributed by atoms with Crippen LogP contribution in [0.3, 0.4) is 0 Å². The van der Waals surface area contributed by atoms with Crippen molar-refractivity contribution in [3.63, 3.8) is 0 Å². The standard InChI is InChI=1S/C15H16BrNOS/c1-19-15-5-3-2-4-14(15)18-10-12-7-6-11(9-17)8-13(12)16/h2-8H,9-10,17H2,1H3. The van der Waals surface area contributed by atoms with E-state index < -0.39 is 0 Å². The van der Waals surface area contributed by atoms with Crippen LogP contribution in [0, 0.1) is 0 Å². The molecule has 19 heavy (non-hydrogen) atoms. The maximum Gasteiger partial charge on any atom is 0.133 e. The van der Waals surface area contributed by atoms with Crippen LogP contribution in [0.25, 0.3) is 0 Å². The number of nitrogens with two attached hydrogens (primary N) is 1. The highest BCUT2D eigenvalue weighted by Gasteiger charge is 2.05. The molecular weight excluding hydrogens is 322 g/mol. The molecule has 2 aromatic rings. The minimum absolute atomic E-state index is 0.545. The zero-order valence-electron chi connectivity index (χ0n) is 10.7. The summed E-state index contributed by atoms with van der Waals surface area (Å²) in [5.74, 6) is 0.921. The lowest BCUT2D eigenvalue weighted by Gasteiger charge is -2.11. The first-order valence-corrected chi connectivity index (χ1v) is 7.99. The maximum absolute atomic E-state index is 5.89. The van der Waals surface area contributed by atoms with Crippen molar-refractivity contribution in [1.29, 1.82) is 0 Å². The van der Waals surface area contributed by atoms with E-state index in [0.717, 1.165) is 26.2 Å². The second-order valence-electron chi connectivity index (χ2n) is 4.07. The van der Waals surface area contributed by atoms with Crippen LogP contribution in [0.1, 0.15) is 11.1 Å². The molecule has 0 aliphatic rings. The van der Waals surface area contributed by atoms with Crippen molar-refractivity contribution in [2.24, 2.45) is 5.73 Å². The smallest absolute Gasteiger partial charge is 0.133 e. The van der Waals surface area contributed by atoms with Gasteiger partial charge in [-0.1, -0.05) is 40.2 Å². The molecule has 0 fully saturated rings. The van der Waals surface area contributed by atoms with Gasteiger partial charge < -0.3 is 10.5 Å². The van der Waals surface area contributed by atoms with Crippen LogP contribution >= 0.6 is 27.7 Å². The van der Waals surface area contributed by atoms with E-state index in [-0.39, 0.29) is 0 Å². The molecule has 0 aromatic heterocycles. The van der Waals surface area contributed by atoms with Crippen molar-refractivity contribution < 1.29 is 4.74 Å². The van der Waals surface area contributed by atoms with E-state index in [1.54, 1.807) is 11.8 Å². The van der Waals surface area contributed by atoms with Crippen LogP contribution < -0.4 is 10.5 Å². The fraction of sp³-hybridized carbons (Fsp3) is 0.200. The Bertz CT molecular complexity index is 560. The summed E-state index contributed by atoms with van der Waals surface area (Å²) in [5.41, 5.74) is 7.85. The summed E-state index contributed by atoms with van der Waals surface area (Å²) in [5, 5.41) is 0. The number of hydrogen-bond acceptors (Lipinski definition) is 3. The summed E-state index contributed by atoms with van der Waals surface area (Å²) in [6, 6.07) is 14.2. The Labute approximate surface area is 126 Å². The Balaban J connectivity index is 2.10. The van der Waals surface area contributed by atoms with E-state index in [1.165, 1.54) is 0 Å². The Morgan fingerprint density at radius 1 is 1.21 bits per heavy atom. The van der Waals surface area contributed by atoms with Gasteiger partial charge in [-0.2, -0.15) is 0 Å². The van der Waals surface area contributed by atoms with Gasteiger partial charge in [0, 0.05) is 21.5 Å². The molecule has 2 nitrogen and oxygen atoms in total. The fourth-order valence-electron chi connectivity index (χ4n) is 1.73. The van der Waals surface area contributed by atoms with Gasteiger partial charge >= 0.3 is 0 Å². The summed E-state index contributed by atoms with van der Waals surface area (Å²) in [6.07, 6.45) is 2.05. The SMILES string of the molecule is CSc1ccccc1OCc1ccc(CN)cc1Br. The number of para-hydroxylation sites is 1. The number of rotatable bonds is 5. The normalized spacial score (nSPS) is 10.5. The predicted octanol–water partition coefficient (Wildman–Crippen LogP) is 4.21. The van der Waals surface area contributed by atoms with Crippen LogP contribution in [0.2, 0.25) is 0 Å². The molecule has 0 atom stereocenters. The molecule has 2 aromatic carbocycles. The lowest BCUT2D eigenvalue weighted by Crippen LogP contribution is -2.00. The molecule has 0 amide bonds. The van der Waals surface area contributed by atoms with Gasteiger partial charge in [0.15, 0.2) is 0 Å². The highest BCUT2D eigenvalue weighted by atomic mass is 79.9. The molecule has 100 valence electrons. The maximum atomic E-state index is 5.89. The Morgan fingerprint density at radius 2 is 2.00 bits per heavy atom. The Hall–Kier alpha value is -0.970. The number of hydrogen-bond donors (Lipinski definition) is 1. The van der Waals surface area contributed by atoms with Crippen LogP contribution in [-0.2, 0) is 13.2 Å². The minimum Gasteiger partial charge on any atom is -0.488 e. The molecule has 0 unspecified atom stereocenters. The fourth-order valence-corrected chi connectivity index (χ4v) is 2.81. The molecule has 2 rings (SSSR count). The molecule has 0 bridgehead atoms. The highest BCUT2D eigenvalue weighted by molar-refractivity contribution is 9.10. The van der Waals surface area contributed by atoms with Crippen molar-refractivity contribution in [3.8, 4) is 5.75 Å². The van der Waals surface area contributed by atoms with E-state index >= 15 is 0 Å². The third-order valence-corrected chi connectivity index (χ3v) is 4.32. The Morgan fingerprint density at radius 3 is 2.68 bits per heavy atom. The van der Waals surface area contributed by atoms with Crippen LogP contribution in [0.5, 0.6) is 5.75 Å². The van der Waals surface area contributed by atoms with Crippen molar-refractivity contribution in [2.45, 2.75) is 18.0 Å².